The monoisotopic (exact) mass is 232 g/mol. The third-order valence-corrected chi connectivity index (χ3v) is 4.40. The molecule has 17 heavy (non-hydrogen) atoms. The Balaban J connectivity index is 2.17. The molecule has 0 spiro atoms. The van der Waals surface area contributed by atoms with Crippen molar-refractivity contribution < 1.29 is 9.59 Å². The van der Waals surface area contributed by atoms with Gasteiger partial charge in [0, 0.05) is 30.8 Å². The second kappa shape index (κ2) is 3.07. The van der Waals surface area contributed by atoms with Crippen molar-refractivity contribution in [3.05, 3.63) is 23.4 Å². The van der Waals surface area contributed by atoms with Crippen molar-refractivity contribution in [3.63, 3.8) is 0 Å². The SMILES string of the molecule is CN1CC[C@@]2(C)C3=CC(=O)C(=O)C=C3N(C)C12. The van der Waals surface area contributed by atoms with Gasteiger partial charge in [-0.1, -0.05) is 6.92 Å². The van der Waals surface area contributed by atoms with E-state index in [0.717, 1.165) is 24.2 Å². The van der Waals surface area contributed by atoms with E-state index in [1.165, 1.54) is 6.08 Å². The van der Waals surface area contributed by atoms with Gasteiger partial charge in [-0.15, -0.1) is 0 Å². The molecule has 2 aliphatic heterocycles. The Bertz CT molecular complexity index is 492. The van der Waals surface area contributed by atoms with Gasteiger partial charge in [0.25, 0.3) is 0 Å². The summed E-state index contributed by atoms with van der Waals surface area (Å²) < 4.78 is 0. The number of likely N-dealkylation sites (tertiary alicyclic amines) is 2. The van der Waals surface area contributed by atoms with Crippen LogP contribution in [0.2, 0.25) is 0 Å². The first kappa shape index (κ1) is 10.7. The van der Waals surface area contributed by atoms with Crippen LogP contribution in [0.5, 0.6) is 0 Å². The molecule has 2 saturated heterocycles. The summed E-state index contributed by atoms with van der Waals surface area (Å²) in [5.74, 6) is -0.782. The smallest absolute Gasteiger partial charge is 0.227 e. The van der Waals surface area contributed by atoms with Crippen LogP contribution in [0.15, 0.2) is 23.4 Å². The van der Waals surface area contributed by atoms with Gasteiger partial charge in [-0.2, -0.15) is 0 Å². The van der Waals surface area contributed by atoms with Crippen LogP contribution < -0.4 is 0 Å². The van der Waals surface area contributed by atoms with Gasteiger partial charge < -0.3 is 4.90 Å². The number of fused-ring (bicyclic) bond motifs is 3. The second-order valence-corrected chi connectivity index (χ2v) is 5.45. The molecule has 1 aliphatic carbocycles. The van der Waals surface area contributed by atoms with Crippen LogP contribution in [0.3, 0.4) is 0 Å². The van der Waals surface area contributed by atoms with E-state index in [2.05, 4.69) is 23.8 Å². The first-order chi connectivity index (χ1) is 7.95. The predicted octanol–water partition coefficient (Wildman–Crippen LogP) is 0.562. The lowest BCUT2D eigenvalue weighted by Gasteiger charge is -2.31. The van der Waals surface area contributed by atoms with Crippen LogP contribution in [-0.4, -0.2) is 48.2 Å². The topological polar surface area (TPSA) is 40.6 Å². The number of rotatable bonds is 0. The fourth-order valence-corrected chi connectivity index (χ4v) is 3.57. The zero-order chi connectivity index (χ0) is 12.4. The molecular formula is C13H16N2O2. The molecule has 0 saturated carbocycles. The second-order valence-electron chi connectivity index (χ2n) is 5.45. The average molecular weight is 232 g/mol. The van der Waals surface area contributed by atoms with Crippen molar-refractivity contribution >= 4 is 11.6 Å². The lowest BCUT2D eigenvalue weighted by molar-refractivity contribution is -0.131. The molecule has 0 amide bonds. The summed E-state index contributed by atoms with van der Waals surface area (Å²) in [5.41, 5.74) is 1.94. The molecule has 90 valence electrons. The van der Waals surface area contributed by atoms with Gasteiger partial charge in [0.1, 0.15) is 0 Å². The molecule has 2 fully saturated rings. The van der Waals surface area contributed by atoms with Crippen LogP contribution in [0.1, 0.15) is 13.3 Å². The highest BCUT2D eigenvalue weighted by atomic mass is 16.2. The molecule has 0 aromatic carbocycles. The number of carbonyl (C=O) groups is 2. The maximum absolute atomic E-state index is 11.6. The van der Waals surface area contributed by atoms with Crippen molar-refractivity contribution in [3.8, 4) is 0 Å². The quantitative estimate of drug-likeness (QED) is 0.452. The average Bonchev–Trinajstić information content (AvgIpc) is 2.67. The third kappa shape index (κ3) is 1.16. The Kier molecular flexibility index (Phi) is 1.94. The van der Waals surface area contributed by atoms with E-state index < -0.39 is 5.78 Å². The van der Waals surface area contributed by atoms with Gasteiger partial charge in [0.2, 0.25) is 11.6 Å². The van der Waals surface area contributed by atoms with Crippen LogP contribution >= 0.6 is 0 Å². The molecule has 0 aromatic rings. The molecule has 2 heterocycles. The van der Waals surface area contributed by atoms with Gasteiger partial charge >= 0.3 is 0 Å². The van der Waals surface area contributed by atoms with Crippen LogP contribution in [0.4, 0.5) is 0 Å². The summed E-state index contributed by atoms with van der Waals surface area (Å²) >= 11 is 0. The first-order valence-electron chi connectivity index (χ1n) is 5.91. The minimum absolute atomic E-state index is 0.0221. The minimum Gasteiger partial charge on any atom is -0.358 e. The van der Waals surface area contributed by atoms with E-state index in [-0.39, 0.29) is 17.4 Å². The number of hydrogen-bond donors (Lipinski definition) is 0. The standard InChI is InChI=1S/C13H16N2O2/c1-13-4-5-14(2)12(13)15(3)9-7-11(17)10(16)6-8(9)13/h6-7,12H,4-5H2,1-3H3/t12?,13-/m0/s1. The van der Waals surface area contributed by atoms with Gasteiger partial charge in [-0.25, -0.2) is 0 Å². The lowest BCUT2D eigenvalue weighted by atomic mass is 9.79. The van der Waals surface area contributed by atoms with E-state index in [4.69, 9.17) is 0 Å². The van der Waals surface area contributed by atoms with Gasteiger partial charge in [0.05, 0.1) is 6.17 Å². The maximum Gasteiger partial charge on any atom is 0.227 e. The molecule has 0 radical (unpaired) electrons. The molecule has 1 unspecified atom stereocenters. The normalized spacial score (nSPS) is 36.9. The Hall–Kier alpha value is -1.42. The Morgan fingerprint density at radius 2 is 1.88 bits per heavy atom. The largest absolute Gasteiger partial charge is 0.358 e. The Morgan fingerprint density at radius 1 is 1.24 bits per heavy atom. The van der Waals surface area contributed by atoms with Crippen LogP contribution in [0, 0.1) is 5.41 Å². The summed E-state index contributed by atoms with van der Waals surface area (Å²) in [6, 6.07) is 0. The fraction of sp³-hybridized carbons (Fsp3) is 0.538. The molecule has 4 nitrogen and oxygen atoms in total. The highest BCUT2D eigenvalue weighted by Gasteiger charge is 2.55. The number of likely N-dealkylation sites (N-methyl/N-ethyl adjacent to an activating group) is 1. The van der Waals surface area contributed by atoms with Crippen molar-refractivity contribution in [1.29, 1.82) is 0 Å². The maximum atomic E-state index is 11.6. The van der Waals surface area contributed by atoms with E-state index in [1.54, 1.807) is 6.08 Å². The van der Waals surface area contributed by atoms with Crippen molar-refractivity contribution in [1.82, 2.24) is 9.80 Å². The summed E-state index contributed by atoms with van der Waals surface area (Å²) in [5, 5.41) is 0. The fourth-order valence-electron chi connectivity index (χ4n) is 3.57. The molecule has 2 atom stereocenters. The molecule has 0 aromatic heterocycles. The zero-order valence-corrected chi connectivity index (χ0v) is 10.4. The van der Waals surface area contributed by atoms with Gasteiger partial charge in [0.15, 0.2) is 0 Å². The number of ketones is 2. The summed E-state index contributed by atoms with van der Waals surface area (Å²) in [6.45, 7) is 3.21. The molecule has 3 rings (SSSR count). The minimum atomic E-state index is -0.401. The Labute approximate surface area is 101 Å². The number of carbonyl (C=O) groups excluding carboxylic acids is 2. The Morgan fingerprint density at radius 3 is 2.59 bits per heavy atom. The first-order valence-corrected chi connectivity index (χ1v) is 5.91. The number of nitrogens with zero attached hydrogens (tertiary/aromatic N) is 2. The van der Waals surface area contributed by atoms with E-state index in [1.807, 2.05) is 7.05 Å². The lowest BCUT2D eigenvalue weighted by Crippen LogP contribution is -2.41. The predicted molar refractivity (Wildman–Crippen MR) is 63.1 cm³/mol. The van der Waals surface area contributed by atoms with Crippen molar-refractivity contribution in [2.24, 2.45) is 5.41 Å². The molecule has 0 bridgehead atoms. The number of hydrogen-bond acceptors (Lipinski definition) is 4. The molecular weight excluding hydrogens is 216 g/mol. The molecule has 3 aliphatic rings. The van der Waals surface area contributed by atoms with E-state index in [9.17, 15) is 9.59 Å². The highest BCUT2D eigenvalue weighted by molar-refractivity contribution is 6.46. The summed E-state index contributed by atoms with van der Waals surface area (Å²) in [4.78, 5) is 27.4. The zero-order valence-electron chi connectivity index (χ0n) is 10.4. The molecule has 4 heteroatoms. The van der Waals surface area contributed by atoms with Gasteiger partial charge in [-0.05, 0) is 25.1 Å². The van der Waals surface area contributed by atoms with Crippen molar-refractivity contribution in [2.45, 2.75) is 19.5 Å². The van der Waals surface area contributed by atoms with Crippen LogP contribution in [0.25, 0.3) is 0 Å². The number of allylic oxidation sites excluding steroid dienone is 3. The summed E-state index contributed by atoms with van der Waals surface area (Å²) in [6.07, 6.45) is 4.34. The molecule has 0 N–H and O–H groups in total. The van der Waals surface area contributed by atoms with Gasteiger partial charge in [-0.3, -0.25) is 14.5 Å². The highest BCUT2D eigenvalue weighted by Crippen LogP contribution is 2.53. The van der Waals surface area contributed by atoms with Crippen molar-refractivity contribution in [2.75, 3.05) is 20.6 Å². The van der Waals surface area contributed by atoms with E-state index >= 15 is 0 Å². The van der Waals surface area contributed by atoms with E-state index in [0.29, 0.717) is 0 Å². The summed E-state index contributed by atoms with van der Waals surface area (Å²) in [7, 11) is 4.09. The van der Waals surface area contributed by atoms with Crippen LogP contribution in [-0.2, 0) is 9.59 Å². The third-order valence-electron chi connectivity index (χ3n) is 4.40.